The van der Waals surface area contributed by atoms with E-state index in [0.29, 0.717) is 0 Å². The highest BCUT2D eigenvalue weighted by Crippen LogP contribution is 2.19. The van der Waals surface area contributed by atoms with Crippen molar-refractivity contribution in [3.63, 3.8) is 0 Å². The highest BCUT2D eigenvalue weighted by molar-refractivity contribution is 9.12. The van der Waals surface area contributed by atoms with Gasteiger partial charge in [0.25, 0.3) is 0 Å². The maximum atomic E-state index is 5.76. The second kappa shape index (κ2) is 5.42. The Morgan fingerprint density at radius 1 is 1.45 bits per heavy atom. The molecule has 0 radical (unpaired) electrons. The third-order valence-electron chi connectivity index (χ3n) is 1.60. The zero-order valence-corrected chi connectivity index (χ0v) is 9.03. The largest absolute Gasteiger partial charge is 0.402 e. The van der Waals surface area contributed by atoms with Gasteiger partial charge in [0, 0.05) is 10.2 Å². The van der Waals surface area contributed by atoms with Crippen LogP contribution in [0.3, 0.4) is 0 Å². The van der Waals surface area contributed by atoms with Gasteiger partial charge in [-0.15, -0.1) is 0 Å². The van der Waals surface area contributed by atoms with Crippen LogP contribution in [0.1, 0.15) is 33.6 Å². The van der Waals surface area contributed by atoms with Gasteiger partial charge >= 0.3 is 0 Å². The molecule has 0 saturated carbocycles. The van der Waals surface area contributed by atoms with Crippen molar-refractivity contribution in [2.45, 2.75) is 33.6 Å². The molecule has 0 spiro atoms. The van der Waals surface area contributed by atoms with Crippen LogP contribution in [0.15, 0.2) is 21.8 Å². The highest BCUT2D eigenvalue weighted by Gasteiger charge is 1.98. The number of hydrogen-bond acceptors (Lipinski definition) is 1. The Balaban J connectivity index is 4.46. The van der Waals surface area contributed by atoms with Gasteiger partial charge in [0.2, 0.25) is 0 Å². The number of rotatable bonds is 3. The van der Waals surface area contributed by atoms with E-state index in [0.717, 1.165) is 28.6 Å². The molecule has 0 bridgehead atoms. The molecule has 0 heterocycles. The number of hydrogen-bond donors (Lipinski definition) is 1. The van der Waals surface area contributed by atoms with E-state index < -0.39 is 0 Å². The average molecular weight is 218 g/mol. The highest BCUT2D eigenvalue weighted by atomic mass is 79.9. The van der Waals surface area contributed by atoms with Gasteiger partial charge < -0.3 is 5.73 Å². The van der Waals surface area contributed by atoms with Crippen molar-refractivity contribution in [3.8, 4) is 0 Å². The summed E-state index contributed by atoms with van der Waals surface area (Å²) in [5, 5.41) is 0. The lowest BCUT2D eigenvalue weighted by Crippen LogP contribution is -1.99. The van der Waals surface area contributed by atoms with Crippen molar-refractivity contribution in [3.05, 3.63) is 21.8 Å². The van der Waals surface area contributed by atoms with E-state index in [-0.39, 0.29) is 0 Å². The van der Waals surface area contributed by atoms with Gasteiger partial charge in [-0.05, 0) is 25.3 Å². The fraction of sp³-hybridized carbons (Fsp3) is 0.556. The Kier molecular flexibility index (Phi) is 5.30. The van der Waals surface area contributed by atoms with Crippen molar-refractivity contribution in [2.24, 2.45) is 5.73 Å². The smallest absolute Gasteiger partial charge is 0.0181 e. The molecule has 0 aliphatic heterocycles. The quantitative estimate of drug-likeness (QED) is 0.722. The van der Waals surface area contributed by atoms with Crippen LogP contribution >= 0.6 is 15.9 Å². The second-order valence-corrected chi connectivity index (χ2v) is 3.32. The number of allylic oxidation sites excluding steroid dienone is 4. The summed E-state index contributed by atoms with van der Waals surface area (Å²) in [7, 11) is 0. The number of halogens is 1. The van der Waals surface area contributed by atoms with E-state index in [2.05, 4.69) is 35.9 Å². The maximum absolute atomic E-state index is 5.76. The summed E-state index contributed by atoms with van der Waals surface area (Å²) in [6, 6.07) is 0. The monoisotopic (exact) mass is 217 g/mol. The zero-order valence-electron chi connectivity index (χ0n) is 7.45. The van der Waals surface area contributed by atoms with E-state index in [4.69, 9.17) is 5.73 Å². The molecular formula is C9H16BrN. The minimum atomic E-state index is 0.915. The van der Waals surface area contributed by atoms with E-state index in [1.807, 2.05) is 6.92 Å². The molecule has 0 fully saturated rings. The van der Waals surface area contributed by atoms with Gasteiger partial charge in [-0.2, -0.15) is 0 Å². The summed E-state index contributed by atoms with van der Waals surface area (Å²) >= 11 is 3.47. The molecule has 11 heavy (non-hydrogen) atoms. The molecule has 0 aliphatic rings. The minimum absolute atomic E-state index is 0.915. The van der Waals surface area contributed by atoms with Crippen molar-refractivity contribution < 1.29 is 0 Å². The Bertz CT molecular complexity index is 180. The summed E-state index contributed by atoms with van der Waals surface area (Å²) < 4.78 is 1.12. The average Bonchev–Trinajstić information content (AvgIpc) is 2.02. The molecule has 0 aromatic heterocycles. The molecule has 0 atom stereocenters. The van der Waals surface area contributed by atoms with Gasteiger partial charge in [-0.3, -0.25) is 0 Å². The molecule has 0 aromatic rings. The lowest BCUT2D eigenvalue weighted by Gasteiger charge is -2.03. The zero-order chi connectivity index (χ0) is 8.85. The maximum Gasteiger partial charge on any atom is 0.0181 e. The van der Waals surface area contributed by atoms with Gasteiger partial charge in [0.15, 0.2) is 0 Å². The van der Waals surface area contributed by atoms with Gasteiger partial charge in [0.1, 0.15) is 0 Å². The van der Waals surface area contributed by atoms with Crippen LogP contribution in [0.2, 0.25) is 0 Å². The van der Waals surface area contributed by atoms with Crippen LogP contribution in [0, 0.1) is 0 Å². The van der Waals surface area contributed by atoms with Crippen LogP contribution in [0.5, 0.6) is 0 Å². The Morgan fingerprint density at radius 2 is 2.00 bits per heavy atom. The third-order valence-corrected chi connectivity index (χ3v) is 2.52. The summed E-state index contributed by atoms with van der Waals surface area (Å²) in [5.41, 5.74) is 7.88. The molecule has 0 saturated heterocycles. The van der Waals surface area contributed by atoms with E-state index in [9.17, 15) is 0 Å². The molecule has 0 aliphatic carbocycles. The fourth-order valence-electron chi connectivity index (χ4n) is 0.751. The Hall–Kier alpha value is -0.240. The SMILES string of the molecule is CC/C=C(Br)\C(C)=C(\N)CC. The van der Waals surface area contributed by atoms with Crippen molar-refractivity contribution in [1.82, 2.24) is 0 Å². The molecule has 0 rings (SSSR count). The van der Waals surface area contributed by atoms with Crippen molar-refractivity contribution in [1.29, 1.82) is 0 Å². The molecule has 64 valence electrons. The second-order valence-electron chi connectivity index (χ2n) is 2.46. The molecule has 1 nitrogen and oxygen atoms in total. The molecule has 0 amide bonds. The Labute approximate surface area is 77.5 Å². The fourth-order valence-corrected chi connectivity index (χ4v) is 1.33. The first-order valence-corrected chi connectivity index (χ1v) is 4.74. The predicted molar refractivity (Wildman–Crippen MR) is 54.5 cm³/mol. The summed E-state index contributed by atoms with van der Waals surface area (Å²) in [6.45, 7) is 6.21. The number of nitrogens with two attached hydrogens (primary N) is 1. The van der Waals surface area contributed by atoms with Gasteiger partial charge in [0.05, 0.1) is 0 Å². The first-order chi connectivity index (χ1) is 5.13. The summed E-state index contributed by atoms with van der Waals surface area (Å²) in [6.07, 6.45) is 4.07. The van der Waals surface area contributed by atoms with E-state index >= 15 is 0 Å². The molecule has 0 unspecified atom stereocenters. The first-order valence-electron chi connectivity index (χ1n) is 3.94. The van der Waals surface area contributed by atoms with Crippen molar-refractivity contribution >= 4 is 15.9 Å². The van der Waals surface area contributed by atoms with Crippen LogP contribution in [-0.2, 0) is 0 Å². The lowest BCUT2D eigenvalue weighted by atomic mass is 10.2. The lowest BCUT2D eigenvalue weighted by molar-refractivity contribution is 1.04. The third kappa shape index (κ3) is 3.61. The molecule has 2 heteroatoms. The minimum Gasteiger partial charge on any atom is -0.402 e. The molecule has 0 aromatic carbocycles. The van der Waals surface area contributed by atoms with Crippen LogP contribution in [0.4, 0.5) is 0 Å². The topological polar surface area (TPSA) is 26.0 Å². The predicted octanol–water partition coefficient (Wildman–Crippen LogP) is 3.32. The molecular weight excluding hydrogens is 202 g/mol. The first kappa shape index (κ1) is 10.8. The summed E-state index contributed by atoms with van der Waals surface area (Å²) in [5.74, 6) is 0. The van der Waals surface area contributed by atoms with Crippen LogP contribution in [-0.4, -0.2) is 0 Å². The van der Waals surface area contributed by atoms with Gasteiger partial charge in [-0.25, -0.2) is 0 Å². The van der Waals surface area contributed by atoms with Crippen LogP contribution < -0.4 is 5.73 Å². The van der Waals surface area contributed by atoms with Crippen molar-refractivity contribution in [2.75, 3.05) is 0 Å². The summed E-state index contributed by atoms with van der Waals surface area (Å²) in [4.78, 5) is 0. The Morgan fingerprint density at radius 3 is 2.36 bits per heavy atom. The van der Waals surface area contributed by atoms with Crippen LogP contribution in [0.25, 0.3) is 0 Å². The normalized spacial score (nSPS) is 14.7. The standard InChI is InChI=1S/C9H16BrN/c1-4-6-8(10)7(3)9(11)5-2/h6H,4-5,11H2,1-3H3/b8-6+,9-7+. The van der Waals surface area contributed by atoms with Gasteiger partial charge in [-0.1, -0.05) is 35.9 Å². The molecule has 2 N–H and O–H groups in total. The van der Waals surface area contributed by atoms with E-state index in [1.54, 1.807) is 0 Å². The van der Waals surface area contributed by atoms with E-state index in [1.165, 1.54) is 0 Å².